The van der Waals surface area contributed by atoms with Crippen molar-refractivity contribution < 1.29 is 9.63 Å². The Hall–Kier alpha value is -1.06. The molecule has 0 saturated heterocycles. The van der Waals surface area contributed by atoms with Crippen LogP contribution in [0.1, 0.15) is 12.8 Å². The number of carbonyl (C=O) groups is 1. The van der Waals surface area contributed by atoms with Crippen LogP contribution in [0.3, 0.4) is 0 Å². The van der Waals surface area contributed by atoms with E-state index in [0.717, 1.165) is 0 Å². The van der Waals surface area contributed by atoms with Gasteiger partial charge in [-0.1, -0.05) is 5.16 Å². The van der Waals surface area contributed by atoms with Crippen molar-refractivity contribution in [3.05, 3.63) is 0 Å². The minimum absolute atomic E-state index is 0.322. The van der Waals surface area contributed by atoms with Gasteiger partial charge in [0.15, 0.2) is 0 Å². The normalized spacial score (nSPS) is 9.89. The van der Waals surface area contributed by atoms with Gasteiger partial charge in [-0.25, -0.2) is 0 Å². The third-order valence-corrected chi connectivity index (χ3v) is 0.700. The topological polar surface area (TPSA) is 64.7 Å². The number of hydrogen-bond acceptors (Lipinski definition) is 3. The van der Waals surface area contributed by atoms with E-state index in [1.165, 1.54) is 13.3 Å². The Kier molecular flexibility index (Phi) is 4.49. The average molecular weight is 130 g/mol. The number of oxime groups is 1. The molecular weight excluding hydrogens is 120 g/mol. The lowest BCUT2D eigenvalue weighted by Crippen LogP contribution is -2.09. The van der Waals surface area contributed by atoms with Crippen LogP contribution in [0.25, 0.3) is 0 Å². The van der Waals surface area contributed by atoms with Crippen molar-refractivity contribution >= 4 is 12.1 Å². The molecule has 0 aromatic heterocycles. The number of rotatable bonds is 4. The summed E-state index contributed by atoms with van der Waals surface area (Å²) in [5.41, 5.74) is 4.83. The van der Waals surface area contributed by atoms with Crippen LogP contribution < -0.4 is 5.73 Å². The van der Waals surface area contributed by atoms with E-state index in [4.69, 9.17) is 5.73 Å². The highest BCUT2D eigenvalue weighted by Crippen LogP contribution is 1.81. The first-order chi connectivity index (χ1) is 4.27. The van der Waals surface area contributed by atoms with Crippen molar-refractivity contribution in [2.24, 2.45) is 10.9 Å². The fourth-order valence-corrected chi connectivity index (χ4v) is 0.334. The van der Waals surface area contributed by atoms with E-state index in [2.05, 4.69) is 9.99 Å². The number of amides is 1. The number of carbonyl (C=O) groups excluding carboxylic acids is 1. The Bertz CT molecular complexity index is 112. The van der Waals surface area contributed by atoms with Crippen molar-refractivity contribution in [3.8, 4) is 0 Å². The van der Waals surface area contributed by atoms with Gasteiger partial charge in [0.05, 0.1) is 0 Å². The summed E-state index contributed by atoms with van der Waals surface area (Å²) in [5, 5.41) is 3.41. The molecule has 0 aliphatic heterocycles. The predicted octanol–water partition coefficient (Wildman–Crippen LogP) is -0.116. The fourth-order valence-electron chi connectivity index (χ4n) is 0.334. The molecule has 2 N–H and O–H groups in total. The summed E-state index contributed by atoms with van der Waals surface area (Å²) in [5.74, 6) is -0.322. The van der Waals surface area contributed by atoms with Gasteiger partial charge in [-0.2, -0.15) is 0 Å². The molecule has 0 radical (unpaired) electrons. The summed E-state index contributed by atoms with van der Waals surface area (Å²) >= 11 is 0. The summed E-state index contributed by atoms with van der Waals surface area (Å²) in [4.78, 5) is 14.4. The lowest BCUT2D eigenvalue weighted by Gasteiger charge is -1.86. The van der Waals surface area contributed by atoms with E-state index >= 15 is 0 Å². The Balaban J connectivity index is 3.09. The number of primary amides is 1. The molecule has 0 rings (SSSR count). The van der Waals surface area contributed by atoms with E-state index in [-0.39, 0.29) is 5.91 Å². The first-order valence-electron chi connectivity index (χ1n) is 2.60. The van der Waals surface area contributed by atoms with Crippen molar-refractivity contribution in [2.75, 3.05) is 7.11 Å². The highest BCUT2D eigenvalue weighted by atomic mass is 16.6. The van der Waals surface area contributed by atoms with Crippen LogP contribution in [0.15, 0.2) is 5.16 Å². The van der Waals surface area contributed by atoms with E-state index < -0.39 is 0 Å². The highest BCUT2D eigenvalue weighted by molar-refractivity contribution is 5.76. The second kappa shape index (κ2) is 5.08. The van der Waals surface area contributed by atoms with Gasteiger partial charge in [0.1, 0.15) is 7.11 Å². The van der Waals surface area contributed by atoms with Crippen LogP contribution in [-0.2, 0) is 9.63 Å². The van der Waals surface area contributed by atoms with Gasteiger partial charge in [-0.3, -0.25) is 4.79 Å². The van der Waals surface area contributed by atoms with Gasteiger partial charge < -0.3 is 10.6 Å². The largest absolute Gasteiger partial charge is 0.399 e. The highest BCUT2D eigenvalue weighted by Gasteiger charge is 1.88. The zero-order chi connectivity index (χ0) is 7.11. The van der Waals surface area contributed by atoms with E-state index in [9.17, 15) is 4.79 Å². The summed E-state index contributed by atoms with van der Waals surface area (Å²) in [6, 6.07) is 0. The second-order valence-electron chi connectivity index (χ2n) is 1.48. The van der Waals surface area contributed by atoms with Crippen molar-refractivity contribution in [3.63, 3.8) is 0 Å². The Morgan fingerprint density at radius 1 is 1.89 bits per heavy atom. The first-order valence-corrected chi connectivity index (χ1v) is 2.60. The summed E-state index contributed by atoms with van der Waals surface area (Å²) in [6.07, 6.45) is 2.38. The van der Waals surface area contributed by atoms with Crippen molar-refractivity contribution in [1.82, 2.24) is 0 Å². The minimum Gasteiger partial charge on any atom is -0.399 e. The molecule has 4 heteroatoms. The first kappa shape index (κ1) is 7.94. The van der Waals surface area contributed by atoms with Crippen LogP contribution >= 0.6 is 0 Å². The Morgan fingerprint density at radius 2 is 2.56 bits per heavy atom. The summed E-state index contributed by atoms with van der Waals surface area (Å²) in [7, 11) is 1.45. The Labute approximate surface area is 53.7 Å². The number of hydrogen-bond donors (Lipinski definition) is 1. The minimum atomic E-state index is -0.322. The molecule has 0 heterocycles. The molecule has 0 spiro atoms. The van der Waals surface area contributed by atoms with Gasteiger partial charge in [0.25, 0.3) is 0 Å². The third kappa shape index (κ3) is 6.94. The zero-order valence-corrected chi connectivity index (χ0v) is 5.33. The summed E-state index contributed by atoms with van der Waals surface area (Å²) < 4.78 is 0. The third-order valence-electron chi connectivity index (χ3n) is 0.700. The molecule has 0 saturated carbocycles. The lowest BCUT2D eigenvalue weighted by molar-refractivity contribution is -0.117. The molecule has 0 aliphatic rings. The molecule has 0 atom stereocenters. The molecule has 0 bridgehead atoms. The Morgan fingerprint density at radius 3 is 3.00 bits per heavy atom. The molecule has 0 aromatic carbocycles. The van der Waals surface area contributed by atoms with E-state index in [1.807, 2.05) is 0 Å². The van der Waals surface area contributed by atoms with E-state index in [1.54, 1.807) is 0 Å². The number of nitrogens with zero attached hydrogens (tertiary/aromatic N) is 1. The quantitative estimate of drug-likeness (QED) is 0.426. The van der Waals surface area contributed by atoms with Gasteiger partial charge >= 0.3 is 0 Å². The summed E-state index contributed by atoms with van der Waals surface area (Å²) in [6.45, 7) is 0. The van der Waals surface area contributed by atoms with Gasteiger partial charge in [-0.15, -0.1) is 0 Å². The smallest absolute Gasteiger partial charge is 0.217 e. The molecule has 0 fully saturated rings. The second-order valence-corrected chi connectivity index (χ2v) is 1.48. The maximum absolute atomic E-state index is 10.1. The van der Waals surface area contributed by atoms with Crippen LogP contribution in [0, 0.1) is 0 Å². The van der Waals surface area contributed by atoms with Crippen LogP contribution in [0.4, 0.5) is 0 Å². The van der Waals surface area contributed by atoms with E-state index in [0.29, 0.717) is 12.8 Å². The van der Waals surface area contributed by atoms with Crippen LogP contribution in [-0.4, -0.2) is 19.2 Å². The number of nitrogens with two attached hydrogens (primary N) is 1. The van der Waals surface area contributed by atoms with Crippen LogP contribution in [0.2, 0.25) is 0 Å². The standard InChI is InChI=1S/C5H10N2O2/c1-9-7-4-2-3-5(6)8/h4H,2-3H2,1H3,(H2,6,8)/b7-4+. The van der Waals surface area contributed by atoms with Crippen molar-refractivity contribution in [2.45, 2.75) is 12.8 Å². The average Bonchev–Trinajstić information content (AvgIpc) is 1.80. The maximum Gasteiger partial charge on any atom is 0.217 e. The predicted molar refractivity (Wildman–Crippen MR) is 33.9 cm³/mol. The molecule has 9 heavy (non-hydrogen) atoms. The molecule has 1 amide bonds. The molecule has 4 nitrogen and oxygen atoms in total. The fraction of sp³-hybridized carbons (Fsp3) is 0.600. The lowest BCUT2D eigenvalue weighted by atomic mass is 10.3. The zero-order valence-electron chi connectivity index (χ0n) is 5.33. The molecule has 0 aromatic rings. The van der Waals surface area contributed by atoms with Crippen LogP contribution in [0.5, 0.6) is 0 Å². The van der Waals surface area contributed by atoms with Gasteiger partial charge in [0.2, 0.25) is 5.91 Å². The monoisotopic (exact) mass is 130 g/mol. The maximum atomic E-state index is 10.1. The SMILES string of the molecule is CO/N=C/CCC(N)=O. The molecule has 0 unspecified atom stereocenters. The molecular formula is C5H10N2O2. The molecule has 52 valence electrons. The molecule has 0 aliphatic carbocycles. The van der Waals surface area contributed by atoms with Gasteiger partial charge in [-0.05, 0) is 6.42 Å². The van der Waals surface area contributed by atoms with Crippen molar-refractivity contribution in [1.29, 1.82) is 0 Å². The van der Waals surface area contributed by atoms with Gasteiger partial charge in [0, 0.05) is 12.6 Å².